The second-order valence-corrected chi connectivity index (χ2v) is 35.4. The third-order valence-electron chi connectivity index (χ3n) is 21.0. The minimum absolute atomic E-state index is 0.107. The topological polar surface area (TPSA) is 237 Å². The highest BCUT2D eigenvalue weighted by atomic mass is 31.2. The van der Waals surface area contributed by atoms with Crippen LogP contribution in [0.4, 0.5) is 0 Å². The standard InChI is InChI=1S/C89H174O17P2/c1-6-9-12-15-18-21-23-25-27-29-31-33-35-37-39-41-43-48-53-58-63-68-73-87(92)100-79-85(106-88(93)74-69-64-59-54-49-44-42-40-38-36-34-32-30-28-26-24-22-19-16-13-10-7-2)81-104-108(97,98)102-77-83(90)76-101-107(95,96)103-80-84(78-99-86(91)72-67-62-57-51-20-17-14-11-8-3)105-89(94)75-70-65-60-55-50-46-45-47-52-56-61-66-71-82(4)5/h82-85,90H,6-81H2,1-5H3,(H,95,96)(H,97,98)/t83-,84+,85+/m0/s1. The van der Waals surface area contributed by atoms with E-state index in [-0.39, 0.29) is 25.7 Å². The Morgan fingerprint density at radius 2 is 0.426 bits per heavy atom. The summed E-state index contributed by atoms with van der Waals surface area (Å²) in [6.45, 7) is 7.36. The summed E-state index contributed by atoms with van der Waals surface area (Å²) in [6.07, 6.45) is 76.7. The molecule has 0 aromatic carbocycles. The molecule has 0 saturated carbocycles. The average molecular weight is 1580 g/mol. The van der Waals surface area contributed by atoms with Crippen LogP contribution >= 0.6 is 15.6 Å². The van der Waals surface area contributed by atoms with E-state index in [0.717, 1.165) is 95.8 Å². The molecule has 0 radical (unpaired) electrons. The van der Waals surface area contributed by atoms with Gasteiger partial charge in [0.1, 0.15) is 19.3 Å². The molecule has 0 heterocycles. The van der Waals surface area contributed by atoms with Gasteiger partial charge in [-0.1, -0.05) is 433 Å². The average Bonchev–Trinajstić information content (AvgIpc) is 0.845. The molecule has 0 aromatic rings. The Labute approximate surface area is 664 Å². The second kappa shape index (κ2) is 81.6. The van der Waals surface area contributed by atoms with Crippen molar-refractivity contribution in [2.75, 3.05) is 39.6 Å². The highest BCUT2D eigenvalue weighted by Gasteiger charge is 2.30. The molecule has 19 heteroatoms. The van der Waals surface area contributed by atoms with Crippen LogP contribution in [-0.4, -0.2) is 96.7 Å². The third kappa shape index (κ3) is 82.1. The van der Waals surface area contributed by atoms with E-state index in [0.29, 0.717) is 25.7 Å². The van der Waals surface area contributed by atoms with E-state index >= 15 is 0 Å². The first-order chi connectivity index (χ1) is 52.5. The highest BCUT2D eigenvalue weighted by molar-refractivity contribution is 7.47. The van der Waals surface area contributed by atoms with E-state index in [1.54, 1.807) is 0 Å². The summed E-state index contributed by atoms with van der Waals surface area (Å²) in [5.41, 5.74) is 0. The van der Waals surface area contributed by atoms with Crippen molar-refractivity contribution in [1.29, 1.82) is 0 Å². The Morgan fingerprint density at radius 1 is 0.250 bits per heavy atom. The summed E-state index contributed by atoms with van der Waals surface area (Å²) in [7, 11) is -9.93. The van der Waals surface area contributed by atoms with Crippen LogP contribution in [0.2, 0.25) is 0 Å². The molecule has 642 valence electrons. The quantitative estimate of drug-likeness (QED) is 0.0222. The van der Waals surface area contributed by atoms with Gasteiger partial charge in [0.2, 0.25) is 0 Å². The molecule has 0 amide bonds. The lowest BCUT2D eigenvalue weighted by atomic mass is 10.0. The second-order valence-electron chi connectivity index (χ2n) is 32.5. The zero-order valence-corrected chi connectivity index (χ0v) is 72.8. The summed E-state index contributed by atoms with van der Waals surface area (Å²) >= 11 is 0. The van der Waals surface area contributed by atoms with Crippen molar-refractivity contribution in [1.82, 2.24) is 0 Å². The minimum Gasteiger partial charge on any atom is -0.462 e. The molecule has 0 fully saturated rings. The fourth-order valence-corrected chi connectivity index (χ4v) is 15.6. The summed E-state index contributed by atoms with van der Waals surface area (Å²) in [5, 5.41) is 10.7. The number of phosphoric ester groups is 2. The lowest BCUT2D eigenvalue weighted by Crippen LogP contribution is -2.30. The van der Waals surface area contributed by atoms with Gasteiger partial charge in [0, 0.05) is 25.7 Å². The van der Waals surface area contributed by atoms with E-state index < -0.39 is 97.5 Å². The molecule has 0 aliphatic rings. The monoisotopic (exact) mass is 1580 g/mol. The number of aliphatic hydroxyl groups excluding tert-OH is 1. The van der Waals surface area contributed by atoms with E-state index in [9.17, 15) is 43.2 Å². The minimum atomic E-state index is -4.97. The Bertz CT molecular complexity index is 2050. The number of carbonyl (C=O) groups is 4. The summed E-state index contributed by atoms with van der Waals surface area (Å²) < 4.78 is 68.9. The number of unbranched alkanes of at least 4 members (excludes halogenated alkanes) is 61. The van der Waals surface area contributed by atoms with Crippen LogP contribution < -0.4 is 0 Å². The molecular formula is C89H174O17P2. The van der Waals surface area contributed by atoms with Crippen molar-refractivity contribution in [2.24, 2.45) is 5.92 Å². The predicted molar refractivity (Wildman–Crippen MR) is 446 cm³/mol. The van der Waals surface area contributed by atoms with Gasteiger partial charge in [-0.2, -0.15) is 0 Å². The molecule has 3 N–H and O–H groups in total. The number of hydrogen-bond acceptors (Lipinski definition) is 15. The molecule has 108 heavy (non-hydrogen) atoms. The van der Waals surface area contributed by atoms with Crippen LogP contribution in [-0.2, 0) is 65.4 Å². The smallest absolute Gasteiger partial charge is 0.462 e. The van der Waals surface area contributed by atoms with Crippen LogP contribution in [0.1, 0.15) is 484 Å². The number of rotatable bonds is 89. The molecule has 0 aliphatic heterocycles. The number of aliphatic hydroxyl groups is 1. The van der Waals surface area contributed by atoms with Gasteiger partial charge in [-0.25, -0.2) is 9.13 Å². The number of hydrogen-bond donors (Lipinski definition) is 3. The normalized spacial score (nSPS) is 13.7. The first kappa shape index (κ1) is 106. The number of ether oxygens (including phenoxy) is 4. The maximum absolute atomic E-state index is 13.2. The summed E-state index contributed by atoms with van der Waals surface area (Å²) in [4.78, 5) is 73.2. The maximum atomic E-state index is 13.2. The molecule has 0 bridgehead atoms. The van der Waals surface area contributed by atoms with Crippen molar-refractivity contribution in [3.63, 3.8) is 0 Å². The third-order valence-corrected chi connectivity index (χ3v) is 22.9. The van der Waals surface area contributed by atoms with Gasteiger partial charge >= 0.3 is 39.5 Å². The number of phosphoric acid groups is 2. The van der Waals surface area contributed by atoms with Gasteiger partial charge in [0.15, 0.2) is 12.2 Å². The van der Waals surface area contributed by atoms with Crippen molar-refractivity contribution in [3.05, 3.63) is 0 Å². The zero-order valence-electron chi connectivity index (χ0n) is 71.0. The zero-order chi connectivity index (χ0) is 79.0. The molecule has 0 aliphatic carbocycles. The predicted octanol–water partition coefficient (Wildman–Crippen LogP) is 27.5. The largest absolute Gasteiger partial charge is 0.472 e. The fraction of sp³-hybridized carbons (Fsp3) is 0.955. The van der Waals surface area contributed by atoms with Crippen LogP contribution in [0, 0.1) is 5.92 Å². The van der Waals surface area contributed by atoms with E-state index in [4.69, 9.17) is 37.0 Å². The molecule has 5 atom stereocenters. The Hall–Kier alpha value is -1.94. The summed E-state index contributed by atoms with van der Waals surface area (Å²) in [6, 6.07) is 0. The van der Waals surface area contributed by atoms with E-state index in [1.165, 1.54) is 308 Å². The molecule has 0 aromatic heterocycles. The van der Waals surface area contributed by atoms with Gasteiger partial charge < -0.3 is 33.8 Å². The first-order valence-electron chi connectivity index (χ1n) is 46.1. The lowest BCUT2D eigenvalue weighted by molar-refractivity contribution is -0.161. The van der Waals surface area contributed by atoms with Crippen LogP contribution in [0.5, 0.6) is 0 Å². The van der Waals surface area contributed by atoms with Gasteiger partial charge in [-0.05, 0) is 31.6 Å². The number of carbonyl (C=O) groups excluding carboxylic acids is 4. The maximum Gasteiger partial charge on any atom is 0.472 e. The Balaban J connectivity index is 5.18. The van der Waals surface area contributed by atoms with Crippen LogP contribution in [0.15, 0.2) is 0 Å². The molecule has 2 unspecified atom stereocenters. The fourth-order valence-electron chi connectivity index (χ4n) is 14.0. The number of esters is 4. The molecule has 0 spiro atoms. The SMILES string of the molecule is CCCCCCCCCCCCCCCCCCCCCCCCC(=O)OC[C@H](COP(=O)(O)OC[C@@H](O)COP(=O)(O)OC[C@@H](COC(=O)CCCCCCCCCCC)OC(=O)CCCCCCCCCCCCCCC(C)C)OC(=O)CCCCCCCCCCCCCCCCCCCCCCCC. The summed E-state index contributed by atoms with van der Waals surface area (Å²) in [5.74, 6) is -1.32. The lowest BCUT2D eigenvalue weighted by Gasteiger charge is -2.21. The van der Waals surface area contributed by atoms with Gasteiger partial charge in [0.25, 0.3) is 0 Å². The van der Waals surface area contributed by atoms with Crippen molar-refractivity contribution < 1.29 is 80.2 Å². The van der Waals surface area contributed by atoms with Crippen molar-refractivity contribution >= 4 is 39.5 Å². The van der Waals surface area contributed by atoms with Crippen molar-refractivity contribution in [2.45, 2.75) is 502 Å². The van der Waals surface area contributed by atoms with Gasteiger partial charge in [-0.15, -0.1) is 0 Å². The molecule has 0 rings (SSSR count). The van der Waals surface area contributed by atoms with Crippen LogP contribution in [0.25, 0.3) is 0 Å². The van der Waals surface area contributed by atoms with Crippen LogP contribution in [0.3, 0.4) is 0 Å². The molecule has 17 nitrogen and oxygen atoms in total. The van der Waals surface area contributed by atoms with Crippen molar-refractivity contribution in [3.8, 4) is 0 Å². The molecule has 0 saturated heterocycles. The van der Waals surface area contributed by atoms with Gasteiger partial charge in [0.05, 0.1) is 26.4 Å². The Morgan fingerprint density at radius 3 is 0.630 bits per heavy atom. The first-order valence-corrected chi connectivity index (χ1v) is 49.1. The van der Waals surface area contributed by atoms with E-state index in [1.807, 2.05) is 0 Å². The Kier molecular flexibility index (Phi) is 80.2. The highest BCUT2D eigenvalue weighted by Crippen LogP contribution is 2.45. The molecular weight excluding hydrogens is 1400 g/mol. The van der Waals surface area contributed by atoms with E-state index in [2.05, 4.69) is 34.6 Å². The van der Waals surface area contributed by atoms with Gasteiger partial charge in [-0.3, -0.25) is 37.3 Å².